The van der Waals surface area contributed by atoms with Gasteiger partial charge in [0.2, 0.25) is 5.91 Å². The zero-order valence-corrected chi connectivity index (χ0v) is 33.4. The van der Waals surface area contributed by atoms with E-state index in [0.717, 1.165) is 57.8 Å². The summed E-state index contributed by atoms with van der Waals surface area (Å²) in [5, 5.41) is 23.4. The van der Waals surface area contributed by atoms with Gasteiger partial charge in [0.15, 0.2) is 0 Å². The van der Waals surface area contributed by atoms with Crippen LogP contribution in [-0.2, 0) is 14.9 Å². The van der Waals surface area contributed by atoms with Crippen LogP contribution in [0, 0.1) is 0 Å². The number of allylic oxidation sites excluding steroid dienone is 9. The van der Waals surface area contributed by atoms with Crippen LogP contribution in [-0.4, -0.2) is 53.1 Å². The van der Waals surface area contributed by atoms with Gasteiger partial charge in [-0.05, 0) is 70.6 Å². The minimum atomic E-state index is -4.46. The van der Waals surface area contributed by atoms with Gasteiger partial charge in [0, 0.05) is 0 Å². The molecule has 296 valence electrons. The highest BCUT2D eigenvalue weighted by molar-refractivity contribution is 7.85. The Morgan fingerprint density at radius 2 is 1.00 bits per heavy atom. The van der Waals surface area contributed by atoms with Crippen LogP contribution in [0.15, 0.2) is 60.8 Å². The molecule has 0 bridgehead atoms. The summed E-state index contributed by atoms with van der Waals surface area (Å²) in [5.41, 5.74) is 0. The van der Waals surface area contributed by atoms with Crippen molar-refractivity contribution in [3.8, 4) is 0 Å². The monoisotopic (exact) mass is 736 g/mol. The van der Waals surface area contributed by atoms with Gasteiger partial charge in [-0.15, -0.1) is 0 Å². The second kappa shape index (κ2) is 36.4. The van der Waals surface area contributed by atoms with E-state index >= 15 is 0 Å². The molecule has 8 heteroatoms. The first-order valence-corrected chi connectivity index (χ1v) is 22.2. The van der Waals surface area contributed by atoms with Crippen molar-refractivity contribution in [1.29, 1.82) is 0 Å². The quantitative estimate of drug-likeness (QED) is 0.0288. The van der Waals surface area contributed by atoms with Gasteiger partial charge in [0.1, 0.15) is 6.10 Å². The van der Waals surface area contributed by atoms with E-state index in [1.807, 2.05) is 0 Å². The fraction of sp³-hybridized carbons (Fsp3) is 0.744. The number of aliphatic hydroxyl groups is 2. The van der Waals surface area contributed by atoms with E-state index in [4.69, 9.17) is 0 Å². The molecule has 0 saturated heterocycles. The van der Waals surface area contributed by atoms with Crippen LogP contribution in [0.1, 0.15) is 181 Å². The molecule has 3 unspecified atom stereocenters. The Bertz CT molecular complexity index is 1050. The van der Waals surface area contributed by atoms with Gasteiger partial charge in [-0.1, -0.05) is 171 Å². The molecule has 0 aromatic rings. The molecule has 4 N–H and O–H groups in total. The van der Waals surface area contributed by atoms with Crippen LogP contribution in [0.4, 0.5) is 0 Å². The van der Waals surface area contributed by atoms with Crippen LogP contribution in [0.25, 0.3) is 0 Å². The van der Waals surface area contributed by atoms with Crippen molar-refractivity contribution in [2.45, 2.75) is 199 Å². The van der Waals surface area contributed by atoms with E-state index in [9.17, 15) is 28.0 Å². The number of hydrogen-bond donors (Lipinski definition) is 4. The molecule has 0 radical (unpaired) electrons. The molecule has 0 saturated carbocycles. The SMILES string of the molecule is CC/C=C\C/C=C\CCCCCCCCCCCCCCCC(O)C(=O)NC(CS(=O)(=O)O)C(O)/C=C/CC/C=C/CC/C=C/CCCCCC. The number of unbranched alkanes of at least 4 members (excludes halogenated alkanes) is 19. The molecular weight excluding hydrogens is 659 g/mol. The van der Waals surface area contributed by atoms with Gasteiger partial charge in [-0.2, -0.15) is 8.42 Å². The van der Waals surface area contributed by atoms with E-state index in [2.05, 4.69) is 67.8 Å². The third kappa shape index (κ3) is 36.2. The first-order valence-electron chi connectivity index (χ1n) is 20.6. The maximum atomic E-state index is 12.6. The standard InChI is InChI=1S/C43H77NO6S/c1-3-5-7-9-11-13-15-17-19-20-21-22-23-24-26-28-30-32-34-36-38-42(46)43(47)44-40(39-51(48,49)50)41(45)37-35-33-31-29-27-25-18-16-14-12-10-8-6-4-2/h5,7,11,13-14,16,27,29,35,37,40-42,45-46H,3-4,6,8-10,12,15,17-26,28,30-34,36,38-39H2,1-2H3,(H,44,47)(H,48,49,50)/b7-5-,13-11-,16-14+,29-27+,37-35+. The van der Waals surface area contributed by atoms with Gasteiger partial charge >= 0.3 is 0 Å². The topological polar surface area (TPSA) is 124 Å². The fourth-order valence-corrected chi connectivity index (χ4v) is 6.61. The van der Waals surface area contributed by atoms with E-state index in [-0.39, 0.29) is 6.42 Å². The third-order valence-electron chi connectivity index (χ3n) is 9.01. The molecule has 0 aliphatic rings. The summed E-state index contributed by atoms with van der Waals surface area (Å²) in [7, 11) is -4.46. The van der Waals surface area contributed by atoms with E-state index in [1.165, 1.54) is 96.0 Å². The third-order valence-corrected chi connectivity index (χ3v) is 9.79. The highest BCUT2D eigenvalue weighted by Gasteiger charge is 2.27. The van der Waals surface area contributed by atoms with Crippen molar-refractivity contribution in [1.82, 2.24) is 5.32 Å². The zero-order chi connectivity index (χ0) is 37.7. The summed E-state index contributed by atoms with van der Waals surface area (Å²) in [6, 6.07) is -1.26. The van der Waals surface area contributed by atoms with Crippen molar-refractivity contribution < 1.29 is 28.0 Å². The predicted octanol–water partition coefficient (Wildman–Crippen LogP) is 11.0. The van der Waals surface area contributed by atoms with Crippen LogP contribution in [0.3, 0.4) is 0 Å². The summed E-state index contributed by atoms with van der Waals surface area (Å²) in [4.78, 5) is 12.6. The molecule has 0 rings (SSSR count). The normalized spacial score (nSPS) is 14.5. The summed E-state index contributed by atoms with van der Waals surface area (Å²) in [6.07, 6.45) is 47.1. The lowest BCUT2D eigenvalue weighted by Crippen LogP contribution is -2.50. The second-order valence-electron chi connectivity index (χ2n) is 14.0. The van der Waals surface area contributed by atoms with E-state index < -0.39 is 40.0 Å². The zero-order valence-electron chi connectivity index (χ0n) is 32.6. The van der Waals surface area contributed by atoms with Crippen LogP contribution in [0.5, 0.6) is 0 Å². The molecule has 0 aliphatic carbocycles. The van der Waals surface area contributed by atoms with Gasteiger partial charge in [0.05, 0.1) is 17.9 Å². The molecule has 0 aromatic carbocycles. The Labute approximate surface area is 314 Å². The number of aliphatic hydroxyl groups excluding tert-OH is 2. The minimum absolute atomic E-state index is 0.268. The van der Waals surface area contributed by atoms with Gasteiger partial charge < -0.3 is 15.5 Å². The van der Waals surface area contributed by atoms with Gasteiger partial charge in [-0.25, -0.2) is 0 Å². The van der Waals surface area contributed by atoms with E-state index in [0.29, 0.717) is 12.8 Å². The number of nitrogens with one attached hydrogen (secondary N) is 1. The Balaban J connectivity index is 4.05. The van der Waals surface area contributed by atoms with Crippen molar-refractivity contribution in [2.75, 3.05) is 5.75 Å². The lowest BCUT2D eigenvalue weighted by atomic mass is 10.0. The van der Waals surface area contributed by atoms with Crippen molar-refractivity contribution in [3.05, 3.63) is 60.8 Å². The number of carbonyl (C=O) groups excluding carboxylic acids is 1. The molecule has 0 fully saturated rings. The van der Waals surface area contributed by atoms with Gasteiger partial charge in [0.25, 0.3) is 10.1 Å². The van der Waals surface area contributed by atoms with Crippen molar-refractivity contribution in [3.63, 3.8) is 0 Å². The average molecular weight is 736 g/mol. The highest BCUT2D eigenvalue weighted by atomic mass is 32.2. The second-order valence-corrected chi connectivity index (χ2v) is 15.5. The highest BCUT2D eigenvalue weighted by Crippen LogP contribution is 2.14. The maximum absolute atomic E-state index is 12.6. The lowest BCUT2D eigenvalue weighted by molar-refractivity contribution is -0.130. The summed E-state index contributed by atoms with van der Waals surface area (Å²) < 4.78 is 32.5. The Morgan fingerprint density at radius 1 is 0.569 bits per heavy atom. The predicted molar refractivity (Wildman–Crippen MR) is 217 cm³/mol. The van der Waals surface area contributed by atoms with Crippen LogP contribution >= 0.6 is 0 Å². The number of hydrogen-bond acceptors (Lipinski definition) is 5. The Hall–Kier alpha value is -2.00. The Morgan fingerprint density at radius 3 is 1.51 bits per heavy atom. The molecule has 0 aromatic heterocycles. The number of rotatable bonds is 36. The van der Waals surface area contributed by atoms with E-state index in [1.54, 1.807) is 6.08 Å². The molecule has 1 amide bonds. The molecular formula is C43H77NO6S. The molecule has 0 heterocycles. The Kier molecular flexibility index (Phi) is 34.9. The molecule has 3 atom stereocenters. The van der Waals surface area contributed by atoms with Crippen LogP contribution in [0.2, 0.25) is 0 Å². The van der Waals surface area contributed by atoms with Gasteiger partial charge in [-0.3, -0.25) is 9.35 Å². The summed E-state index contributed by atoms with van der Waals surface area (Å²) in [6.45, 7) is 4.38. The fourth-order valence-electron chi connectivity index (χ4n) is 5.88. The lowest BCUT2D eigenvalue weighted by Gasteiger charge is -2.22. The molecule has 51 heavy (non-hydrogen) atoms. The molecule has 7 nitrogen and oxygen atoms in total. The maximum Gasteiger partial charge on any atom is 0.267 e. The first kappa shape index (κ1) is 49.0. The summed E-state index contributed by atoms with van der Waals surface area (Å²) in [5.74, 6) is -1.57. The summed E-state index contributed by atoms with van der Waals surface area (Å²) >= 11 is 0. The smallest absolute Gasteiger partial charge is 0.267 e. The minimum Gasteiger partial charge on any atom is -0.387 e. The number of carbonyl (C=O) groups is 1. The van der Waals surface area contributed by atoms with Crippen LogP contribution < -0.4 is 5.32 Å². The number of amides is 1. The first-order chi connectivity index (χ1) is 24.7. The average Bonchev–Trinajstić information content (AvgIpc) is 3.09. The molecule has 0 aliphatic heterocycles. The van der Waals surface area contributed by atoms with Crippen molar-refractivity contribution >= 4 is 16.0 Å². The molecule has 0 spiro atoms. The van der Waals surface area contributed by atoms with Crippen molar-refractivity contribution in [2.24, 2.45) is 0 Å². The largest absolute Gasteiger partial charge is 0.387 e.